The summed E-state index contributed by atoms with van der Waals surface area (Å²) in [6.07, 6.45) is 2.70. The van der Waals surface area contributed by atoms with E-state index in [0.717, 1.165) is 17.0 Å². The number of Topliss-reactive ketones (excluding diaryl/α,β-unsaturated/α-hetero) is 1. The molecule has 2 heterocycles. The van der Waals surface area contributed by atoms with E-state index in [1.165, 1.54) is 6.20 Å². The van der Waals surface area contributed by atoms with Crippen molar-refractivity contribution >= 4 is 34.8 Å². The molecule has 1 aromatic heterocycles. The highest BCUT2D eigenvalue weighted by Crippen LogP contribution is 2.46. The molecule has 0 unspecified atom stereocenters. The van der Waals surface area contributed by atoms with Crippen molar-refractivity contribution in [2.24, 2.45) is 5.41 Å². The summed E-state index contributed by atoms with van der Waals surface area (Å²) < 4.78 is 7.04. The number of rotatable bonds is 4. The molecule has 1 aliphatic heterocycles. The van der Waals surface area contributed by atoms with Crippen molar-refractivity contribution in [2.75, 3.05) is 17.7 Å². The van der Waals surface area contributed by atoms with Crippen LogP contribution in [0.4, 0.5) is 11.5 Å². The van der Waals surface area contributed by atoms with Crippen LogP contribution in [-0.4, -0.2) is 28.6 Å². The standard InChI is InChI=1S/C26H25ClN4O3/c1-26(2)12-20-22(21(32)13-26)23(15-4-10-18(34-3)11-5-15)31-24(30-20)19(14-28-31)25(33)29-17-8-6-16(27)7-9-17/h4-11,14,23,30H,12-13H2,1-3H3,(H,29,33)/t23-/m0/s1. The summed E-state index contributed by atoms with van der Waals surface area (Å²) in [4.78, 5) is 26.5. The quantitative estimate of drug-likeness (QED) is 0.522. The molecule has 0 radical (unpaired) electrons. The number of ketones is 1. The zero-order valence-corrected chi connectivity index (χ0v) is 19.9. The van der Waals surface area contributed by atoms with Gasteiger partial charge >= 0.3 is 0 Å². The third kappa shape index (κ3) is 3.96. The van der Waals surface area contributed by atoms with Crippen LogP contribution in [0, 0.1) is 5.41 Å². The molecular weight excluding hydrogens is 452 g/mol. The van der Waals surface area contributed by atoms with Crippen molar-refractivity contribution < 1.29 is 14.3 Å². The number of ether oxygens (including phenoxy) is 1. The first kappa shape index (κ1) is 22.2. The third-order valence-corrected chi connectivity index (χ3v) is 6.53. The number of carbonyl (C=O) groups excluding carboxylic acids is 2. The molecule has 3 aromatic rings. The van der Waals surface area contributed by atoms with Gasteiger partial charge in [-0.3, -0.25) is 9.59 Å². The second-order valence-corrected chi connectivity index (χ2v) is 9.88. The molecule has 2 aliphatic rings. The maximum absolute atomic E-state index is 13.3. The molecule has 1 aliphatic carbocycles. The second kappa shape index (κ2) is 8.33. The van der Waals surface area contributed by atoms with E-state index >= 15 is 0 Å². The number of carbonyl (C=O) groups is 2. The Bertz CT molecular complexity index is 1310. The fraction of sp³-hybridized carbons (Fsp3) is 0.269. The average Bonchev–Trinajstić information content (AvgIpc) is 3.22. The molecule has 0 spiro atoms. The minimum absolute atomic E-state index is 0.0906. The molecule has 7 nitrogen and oxygen atoms in total. The summed E-state index contributed by atoms with van der Waals surface area (Å²) in [5.74, 6) is 1.09. The van der Waals surface area contributed by atoms with Crippen LogP contribution in [-0.2, 0) is 4.79 Å². The van der Waals surface area contributed by atoms with Gasteiger partial charge in [0.25, 0.3) is 5.91 Å². The Morgan fingerprint density at radius 2 is 1.85 bits per heavy atom. The van der Waals surface area contributed by atoms with Gasteiger partial charge in [0.05, 0.1) is 13.3 Å². The Hall–Kier alpha value is -3.58. The first-order valence-corrected chi connectivity index (χ1v) is 11.5. The molecule has 174 valence electrons. The molecule has 0 saturated heterocycles. The van der Waals surface area contributed by atoms with Crippen molar-refractivity contribution in [3.05, 3.63) is 82.1 Å². The number of anilines is 2. The Morgan fingerprint density at radius 3 is 2.53 bits per heavy atom. The number of methoxy groups -OCH3 is 1. The van der Waals surface area contributed by atoms with Gasteiger partial charge in [0, 0.05) is 28.4 Å². The molecule has 1 amide bonds. The fourth-order valence-corrected chi connectivity index (χ4v) is 4.83. The summed E-state index contributed by atoms with van der Waals surface area (Å²) in [5.41, 5.74) is 3.29. The molecule has 34 heavy (non-hydrogen) atoms. The lowest BCUT2D eigenvalue weighted by atomic mass is 9.73. The highest BCUT2D eigenvalue weighted by molar-refractivity contribution is 6.30. The predicted octanol–water partition coefficient (Wildman–Crippen LogP) is 5.46. The number of aromatic nitrogens is 2. The van der Waals surface area contributed by atoms with E-state index in [0.29, 0.717) is 40.5 Å². The smallest absolute Gasteiger partial charge is 0.261 e. The van der Waals surface area contributed by atoms with Gasteiger partial charge in [0.15, 0.2) is 5.78 Å². The Balaban J connectivity index is 1.58. The lowest BCUT2D eigenvalue weighted by Crippen LogP contribution is -2.37. The van der Waals surface area contributed by atoms with E-state index in [1.54, 1.807) is 36.1 Å². The minimum Gasteiger partial charge on any atom is -0.497 e. The van der Waals surface area contributed by atoms with Gasteiger partial charge in [-0.15, -0.1) is 0 Å². The largest absolute Gasteiger partial charge is 0.497 e. The Kier molecular flexibility index (Phi) is 5.44. The highest BCUT2D eigenvalue weighted by Gasteiger charge is 2.42. The molecule has 2 N–H and O–H groups in total. The number of nitrogens with one attached hydrogen (secondary N) is 2. The number of benzene rings is 2. The van der Waals surface area contributed by atoms with Gasteiger partial charge in [0.2, 0.25) is 0 Å². The first-order valence-electron chi connectivity index (χ1n) is 11.1. The maximum atomic E-state index is 13.3. The van der Waals surface area contributed by atoms with Crippen molar-refractivity contribution in [1.29, 1.82) is 0 Å². The fourth-order valence-electron chi connectivity index (χ4n) is 4.70. The van der Waals surface area contributed by atoms with Crippen LogP contribution in [0.1, 0.15) is 48.7 Å². The zero-order chi connectivity index (χ0) is 24.0. The number of amides is 1. The number of nitrogens with zero attached hydrogens (tertiary/aromatic N) is 2. The van der Waals surface area contributed by atoms with Gasteiger partial charge in [0.1, 0.15) is 23.2 Å². The van der Waals surface area contributed by atoms with Crippen LogP contribution in [0.25, 0.3) is 0 Å². The normalized spacial score (nSPS) is 18.6. The van der Waals surface area contributed by atoms with Crippen LogP contribution in [0.5, 0.6) is 5.75 Å². The van der Waals surface area contributed by atoms with Crippen LogP contribution in [0.3, 0.4) is 0 Å². The lowest BCUT2D eigenvalue weighted by molar-refractivity contribution is -0.118. The Labute approximate surface area is 202 Å². The monoisotopic (exact) mass is 476 g/mol. The van der Waals surface area contributed by atoms with Gasteiger partial charge in [-0.25, -0.2) is 4.68 Å². The summed E-state index contributed by atoms with van der Waals surface area (Å²) >= 11 is 5.96. The summed E-state index contributed by atoms with van der Waals surface area (Å²) in [5, 5.41) is 11.4. The molecular formula is C26H25ClN4O3. The predicted molar refractivity (Wildman–Crippen MR) is 131 cm³/mol. The maximum Gasteiger partial charge on any atom is 0.261 e. The average molecular weight is 477 g/mol. The van der Waals surface area contributed by atoms with Crippen molar-refractivity contribution in [3.63, 3.8) is 0 Å². The molecule has 8 heteroatoms. The molecule has 1 atom stereocenters. The number of allylic oxidation sites excluding steroid dienone is 2. The van der Waals surface area contributed by atoms with Crippen LogP contribution in [0.15, 0.2) is 66.0 Å². The SMILES string of the molecule is COc1ccc([C@H]2C3=C(CC(C)(C)CC3=O)Nc3c(C(=O)Nc4ccc(Cl)cc4)cnn32)cc1. The number of hydrogen-bond donors (Lipinski definition) is 2. The molecule has 5 rings (SSSR count). The third-order valence-electron chi connectivity index (χ3n) is 6.28. The van der Waals surface area contributed by atoms with Gasteiger partial charge in [-0.05, 0) is 53.8 Å². The summed E-state index contributed by atoms with van der Waals surface area (Å²) in [6, 6.07) is 14.1. The van der Waals surface area contributed by atoms with E-state index in [9.17, 15) is 9.59 Å². The van der Waals surface area contributed by atoms with E-state index in [-0.39, 0.29) is 17.1 Å². The Morgan fingerprint density at radius 1 is 1.15 bits per heavy atom. The van der Waals surface area contributed by atoms with Gasteiger partial charge < -0.3 is 15.4 Å². The molecule has 2 aromatic carbocycles. The van der Waals surface area contributed by atoms with Crippen molar-refractivity contribution in [3.8, 4) is 5.75 Å². The zero-order valence-electron chi connectivity index (χ0n) is 19.2. The van der Waals surface area contributed by atoms with E-state index < -0.39 is 6.04 Å². The molecule has 0 saturated carbocycles. The first-order chi connectivity index (χ1) is 16.3. The molecule has 0 bridgehead atoms. The highest BCUT2D eigenvalue weighted by atomic mass is 35.5. The molecule has 0 fully saturated rings. The number of hydrogen-bond acceptors (Lipinski definition) is 5. The van der Waals surface area contributed by atoms with Crippen molar-refractivity contribution in [1.82, 2.24) is 9.78 Å². The van der Waals surface area contributed by atoms with Gasteiger partial charge in [-0.1, -0.05) is 37.6 Å². The second-order valence-electron chi connectivity index (χ2n) is 9.45. The van der Waals surface area contributed by atoms with E-state index in [1.807, 2.05) is 24.3 Å². The van der Waals surface area contributed by atoms with Crippen LogP contribution in [0.2, 0.25) is 5.02 Å². The van der Waals surface area contributed by atoms with Crippen LogP contribution >= 0.6 is 11.6 Å². The summed E-state index contributed by atoms with van der Waals surface area (Å²) in [6.45, 7) is 4.16. The van der Waals surface area contributed by atoms with Crippen molar-refractivity contribution in [2.45, 2.75) is 32.7 Å². The number of fused-ring (bicyclic) bond motifs is 1. The van der Waals surface area contributed by atoms with Gasteiger partial charge in [-0.2, -0.15) is 5.10 Å². The topological polar surface area (TPSA) is 85.2 Å². The van der Waals surface area contributed by atoms with E-state index in [2.05, 4.69) is 29.6 Å². The summed E-state index contributed by atoms with van der Waals surface area (Å²) in [7, 11) is 1.62. The lowest BCUT2D eigenvalue weighted by Gasteiger charge is -2.39. The van der Waals surface area contributed by atoms with Crippen LogP contribution < -0.4 is 15.4 Å². The minimum atomic E-state index is -0.433. The van der Waals surface area contributed by atoms with E-state index in [4.69, 9.17) is 16.3 Å². The number of halogens is 1.